The highest BCUT2D eigenvalue weighted by molar-refractivity contribution is 7.13. The number of carbonyl (C=O) groups is 1. The number of benzene rings is 1. The average molecular weight is 328 g/mol. The summed E-state index contributed by atoms with van der Waals surface area (Å²) in [6.07, 6.45) is 0. The van der Waals surface area contributed by atoms with E-state index >= 15 is 0 Å². The van der Waals surface area contributed by atoms with Gasteiger partial charge in [-0.05, 0) is 0 Å². The van der Waals surface area contributed by atoms with E-state index in [4.69, 9.17) is 4.52 Å². The third kappa shape index (κ3) is 3.40. The van der Waals surface area contributed by atoms with Gasteiger partial charge in [0.2, 0.25) is 0 Å². The summed E-state index contributed by atoms with van der Waals surface area (Å²) < 4.78 is 5.33. The van der Waals surface area contributed by atoms with E-state index in [0.717, 1.165) is 11.3 Å². The van der Waals surface area contributed by atoms with Crippen molar-refractivity contribution in [1.29, 1.82) is 0 Å². The van der Waals surface area contributed by atoms with E-state index in [-0.39, 0.29) is 5.91 Å². The Morgan fingerprint density at radius 3 is 2.83 bits per heavy atom. The molecule has 0 aliphatic carbocycles. The average Bonchev–Trinajstić information content (AvgIpc) is 3.24. The van der Waals surface area contributed by atoms with Crippen molar-refractivity contribution in [1.82, 2.24) is 15.0 Å². The highest BCUT2D eigenvalue weighted by Gasteiger charge is 2.17. The van der Waals surface area contributed by atoms with Gasteiger partial charge in [-0.25, -0.2) is 4.98 Å². The summed E-state index contributed by atoms with van der Waals surface area (Å²) in [5.41, 5.74) is 2.16. The summed E-state index contributed by atoms with van der Waals surface area (Å²) in [7, 11) is 3.49. The van der Waals surface area contributed by atoms with Gasteiger partial charge in [0.15, 0.2) is 10.9 Å². The third-order valence-corrected chi connectivity index (χ3v) is 4.17. The van der Waals surface area contributed by atoms with Gasteiger partial charge in [0.1, 0.15) is 11.4 Å². The zero-order valence-electron chi connectivity index (χ0n) is 12.8. The maximum absolute atomic E-state index is 12.3. The lowest BCUT2D eigenvalue weighted by atomic mass is 10.1. The van der Waals surface area contributed by atoms with Gasteiger partial charge >= 0.3 is 0 Å². The van der Waals surface area contributed by atoms with Gasteiger partial charge < -0.3 is 14.7 Å². The smallest absolute Gasteiger partial charge is 0.273 e. The topological polar surface area (TPSA) is 71.3 Å². The molecule has 0 bridgehead atoms. The lowest BCUT2D eigenvalue weighted by Crippen LogP contribution is -2.26. The molecule has 1 amide bonds. The number of carbonyl (C=O) groups excluding carboxylic acids is 1. The fraction of sp³-hybridized carbons (Fsp3) is 0.188. The minimum absolute atomic E-state index is 0.152. The van der Waals surface area contributed by atoms with E-state index in [9.17, 15) is 4.79 Å². The van der Waals surface area contributed by atoms with E-state index in [2.05, 4.69) is 15.5 Å². The second kappa shape index (κ2) is 6.62. The number of amides is 1. The van der Waals surface area contributed by atoms with Gasteiger partial charge in [0.05, 0.1) is 6.54 Å². The molecule has 1 N–H and O–H groups in total. The minimum atomic E-state index is -0.152. The number of rotatable bonds is 5. The lowest BCUT2D eigenvalue weighted by Gasteiger charge is -2.13. The summed E-state index contributed by atoms with van der Waals surface area (Å²) in [5.74, 6) is 0.476. The molecule has 23 heavy (non-hydrogen) atoms. The molecule has 1 aromatic carbocycles. The van der Waals surface area contributed by atoms with E-state index in [0.29, 0.717) is 23.1 Å². The van der Waals surface area contributed by atoms with Crippen molar-refractivity contribution in [3.8, 4) is 11.3 Å². The molecule has 118 valence electrons. The minimum Gasteiger partial charge on any atom is -0.365 e. The monoisotopic (exact) mass is 328 g/mol. The predicted octanol–water partition coefficient (Wildman–Crippen LogP) is 3.11. The van der Waals surface area contributed by atoms with Crippen LogP contribution in [0.3, 0.4) is 0 Å². The maximum atomic E-state index is 12.3. The molecule has 3 aromatic rings. The Hall–Kier alpha value is -2.67. The van der Waals surface area contributed by atoms with E-state index in [1.165, 1.54) is 11.3 Å². The van der Waals surface area contributed by atoms with Crippen molar-refractivity contribution in [2.24, 2.45) is 0 Å². The number of hydrogen-bond acceptors (Lipinski definition) is 6. The standard InChI is InChI=1S/C16H16N4O2S/c1-17-16-18-14(10-23-16)15(21)20(2)9-12-8-13(19-22-12)11-6-4-3-5-7-11/h3-8,10H,9H2,1-2H3,(H,17,18). The van der Waals surface area contributed by atoms with Crippen LogP contribution in [0.2, 0.25) is 0 Å². The molecule has 0 unspecified atom stereocenters. The Balaban J connectivity index is 1.69. The van der Waals surface area contributed by atoms with Crippen LogP contribution in [0.15, 0.2) is 46.3 Å². The van der Waals surface area contributed by atoms with Crippen LogP contribution in [0.25, 0.3) is 11.3 Å². The molecule has 0 saturated carbocycles. The Bertz CT molecular complexity index is 797. The van der Waals surface area contributed by atoms with Crippen LogP contribution in [0, 0.1) is 0 Å². The summed E-state index contributed by atoms with van der Waals surface area (Å²) in [5, 5.41) is 9.43. The summed E-state index contributed by atoms with van der Waals surface area (Å²) in [4.78, 5) is 18.1. The first-order chi connectivity index (χ1) is 11.2. The number of nitrogens with zero attached hydrogens (tertiary/aromatic N) is 3. The van der Waals surface area contributed by atoms with Crippen LogP contribution in [0.4, 0.5) is 5.13 Å². The van der Waals surface area contributed by atoms with E-state index < -0.39 is 0 Å². The highest BCUT2D eigenvalue weighted by Crippen LogP contribution is 2.20. The van der Waals surface area contributed by atoms with E-state index in [1.807, 2.05) is 36.4 Å². The molecule has 7 heteroatoms. The van der Waals surface area contributed by atoms with Crippen LogP contribution in [-0.4, -0.2) is 35.0 Å². The summed E-state index contributed by atoms with van der Waals surface area (Å²) in [6.45, 7) is 0.338. The fourth-order valence-corrected chi connectivity index (χ4v) is 2.77. The molecular weight excluding hydrogens is 312 g/mol. The Morgan fingerprint density at radius 1 is 1.35 bits per heavy atom. The second-order valence-corrected chi connectivity index (χ2v) is 5.85. The Morgan fingerprint density at radius 2 is 2.13 bits per heavy atom. The van der Waals surface area contributed by atoms with Gasteiger partial charge in [-0.15, -0.1) is 11.3 Å². The molecule has 2 aromatic heterocycles. The zero-order chi connectivity index (χ0) is 16.2. The van der Waals surface area contributed by atoms with E-state index in [1.54, 1.807) is 24.4 Å². The number of nitrogens with one attached hydrogen (secondary N) is 1. The number of hydrogen-bond donors (Lipinski definition) is 1. The lowest BCUT2D eigenvalue weighted by molar-refractivity contribution is 0.0767. The van der Waals surface area contributed by atoms with Crippen molar-refractivity contribution in [3.63, 3.8) is 0 Å². The normalized spacial score (nSPS) is 10.5. The van der Waals surface area contributed by atoms with Crippen LogP contribution < -0.4 is 5.32 Å². The van der Waals surface area contributed by atoms with Crippen molar-refractivity contribution in [2.75, 3.05) is 19.4 Å². The highest BCUT2D eigenvalue weighted by atomic mass is 32.1. The number of thiazole rings is 1. The summed E-state index contributed by atoms with van der Waals surface area (Å²) in [6, 6.07) is 11.6. The first-order valence-electron chi connectivity index (χ1n) is 7.07. The van der Waals surface area contributed by atoms with Gasteiger partial charge in [0, 0.05) is 31.1 Å². The van der Waals surface area contributed by atoms with Crippen molar-refractivity contribution < 1.29 is 9.32 Å². The number of aromatic nitrogens is 2. The predicted molar refractivity (Wildman–Crippen MR) is 89.4 cm³/mol. The molecule has 0 atom stereocenters. The number of anilines is 1. The largest absolute Gasteiger partial charge is 0.365 e. The zero-order valence-corrected chi connectivity index (χ0v) is 13.6. The van der Waals surface area contributed by atoms with Crippen LogP contribution in [0.1, 0.15) is 16.2 Å². The molecule has 0 radical (unpaired) electrons. The first kappa shape index (κ1) is 15.2. The summed E-state index contributed by atoms with van der Waals surface area (Å²) >= 11 is 1.40. The Kier molecular flexibility index (Phi) is 4.38. The van der Waals surface area contributed by atoms with Gasteiger partial charge in [-0.3, -0.25) is 4.79 Å². The first-order valence-corrected chi connectivity index (χ1v) is 7.95. The van der Waals surface area contributed by atoms with Gasteiger partial charge in [-0.2, -0.15) is 0 Å². The van der Waals surface area contributed by atoms with Gasteiger partial charge in [-0.1, -0.05) is 35.5 Å². The molecule has 0 aliphatic heterocycles. The van der Waals surface area contributed by atoms with Crippen molar-refractivity contribution >= 4 is 22.4 Å². The molecule has 3 rings (SSSR count). The second-order valence-electron chi connectivity index (χ2n) is 4.99. The third-order valence-electron chi connectivity index (χ3n) is 3.31. The molecule has 0 spiro atoms. The maximum Gasteiger partial charge on any atom is 0.273 e. The van der Waals surface area contributed by atoms with Crippen molar-refractivity contribution in [2.45, 2.75) is 6.54 Å². The molecule has 0 fully saturated rings. The molecular formula is C16H16N4O2S. The SMILES string of the molecule is CNc1nc(C(=O)N(C)Cc2cc(-c3ccccc3)no2)cs1. The molecule has 0 saturated heterocycles. The Labute approximate surface area is 137 Å². The van der Waals surface area contributed by atoms with Gasteiger partial charge in [0.25, 0.3) is 5.91 Å². The molecule has 6 nitrogen and oxygen atoms in total. The van der Waals surface area contributed by atoms with Crippen molar-refractivity contribution in [3.05, 3.63) is 53.2 Å². The fourth-order valence-electron chi connectivity index (χ4n) is 2.12. The molecule has 2 heterocycles. The van der Waals surface area contributed by atoms with Crippen LogP contribution in [0.5, 0.6) is 0 Å². The van der Waals surface area contributed by atoms with Crippen LogP contribution in [-0.2, 0) is 6.54 Å². The quantitative estimate of drug-likeness (QED) is 0.779. The van der Waals surface area contributed by atoms with Crippen LogP contribution >= 0.6 is 11.3 Å². The molecule has 0 aliphatic rings.